The molecule has 1 heterocycles. The fourth-order valence-corrected chi connectivity index (χ4v) is 2.66. The van der Waals surface area contributed by atoms with Crippen LogP contribution in [-0.2, 0) is 9.53 Å². The Morgan fingerprint density at radius 1 is 1.39 bits per heavy atom. The summed E-state index contributed by atoms with van der Waals surface area (Å²) >= 11 is 0. The number of nitrogens with one attached hydrogen (secondary N) is 1. The van der Waals surface area contributed by atoms with E-state index in [4.69, 9.17) is 4.74 Å². The molecule has 0 aliphatic carbocycles. The largest absolute Gasteiger partial charge is 0.383 e. The zero-order valence-corrected chi connectivity index (χ0v) is 12.4. The van der Waals surface area contributed by atoms with E-state index >= 15 is 0 Å². The van der Waals surface area contributed by atoms with Crippen molar-refractivity contribution in [2.45, 2.75) is 65.2 Å². The van der Waals surface area contributed by atoms with Gasteiger partial charge in [0.05, 0.1) is 24.9 Å². The Morgan fingerprint density at radius 2 is 2.06 bits per heavy atom. The Labute approximate surface area is 111 Å². The molecule has 0 aromatic heterocycles. The average Bonchev–Trinajstić information content (AvgIpc) is 2.62. The number of amides is 1. The molecule has 1 rings (SSSR count). The van der Waals surface area contributed by atoms with Gasteiger partial charge in [0.25, 0.3) is 0 Å². The topological polar surface area (TPSA) is 41.6 Å². The summed E-state index contributed by atoms with van der Waals surface area (Å²) in [6, 6.07) is 0.176. The number of carbonyl (C=O) groups is 1. The molecular weight excluding hydrogens is 228 g/mol. The van der Waals surface area contributed by atoms with Gasteiger partial charge in [0.2, 0.25) is 5.91 Å². The smallest absolute Gasteiger partial charge is 0.241 e. The highest BCUT2D eigenvalue weighted by Crippen LogP contribution is 2.23. The second-order valence-electron chi connectivity index (χ2n) is 5.54. The zero-order chi connectivity index (χ0) is 13.7. The molecule has 3 unspecified atom stereocenters. The van der Waals surface area contributed by atoms with Crippen LogP contribution in [0.1, 0.15) is 47.0 Å². The van der Waals surface area contributed by atoms with E-state index in [2.05, 4.69) is 33.0 Å². The monoisotopic (exact) mass is 256 g/mol. The summed E-state index contributed by atoms with van der Waals surface area (Å²) in [5.74, 6) is 0.820. The Morgan fingerprint density at radius 3 is 2.50 bits per heavy atom. The molecule has 0 aromatic rings. The first-order valence-electron chi connectivity index (χ1n) is 7.12. The third kappa shape index (κ3) is 3.45. The Kier molecular flexibility index (Phi) is 6.09. The van der Waals surface area contributed by atoms with Crippen molar-refractivity contribution < 1.29 is 9.53 Å². The molecule has 4 nitrogen and oxygen atoms in total. The number of carbonyl (C=O) groups excluding carboxylic acids is 1. The minimum absolute atomic E-state index is 0.0142. The first-order chi connectivity index (χ1) is 8.54. The van der Waals surface area contributed by atoms with Gasteiger partial charge in [0.1, 0.15) is 0 Å². The van der Waals surface area contributed by atoms with E-state index < -0.39 is 0 Å². The van der Waals surface area contributed by atoms with Crippen LogP contribution in [0.3, 0.4) is 0 Å². The molecule has 0 bridgehead atoms. The van der Waals surface area contributed by atoms with E-state index in [0.29, 0.717) is 12.5 Å². The van der Waals surface area contributed by atoms with Crippen LogP contribution in [0.4, 0.5) is 0 Å². The highest BCUT2D eigenvalue weighted by atomic mass is 16.5. The van der Waals surface area contributed by atoms with Crippen molar-refractivity contribution in [1.29, 1.82) is 0 Å². The van der Waals surface area contributed by atoms with Crippen LogP contribution in [0.25, 0.3) is 0 Å². The summed E-state index contributed by atoms with van der Waals surface area (Å²) in [5.41, 5.74) is 0. The van der Waals surface area contributed by atoms with E-state index in [0.717, 1.165) is 19.3 Å². The normalized spacial score (nSPS) is 26.1. The molecule has 0 spiro atoms. The van der Waals surface area contributed by atoms with Gasteiger partial charge in [-0.1, -0.05) is 27.7 Å². The molecule has 18 heavy (non-hydrogen) atoms. The molecule has 1 N–H and O–H groups in total. The van der Waals surface area contributed by atoms with Crippen LogP contribution in [0.15, 0.2) is 0 Å². The lowest BCUT2D eigenvalue weighted by atomic mass is 10.1. The molecule has 4 heteroatoms. The number of hydrogen-bond acceptors (Lipinski definition) is 3. The molecular formula is C14H28N2O2. The van der Waals surface area contributed by atoms with Crippen LogP contribution in [-0.4, -0.2) is 42.8 Å². The predicted molar refractivity (Wildman–Crippen MR) is 73.3 cm³/mol. The van der Waals surface area contributed by atoms with Crippen LogP contribution < -0.4 is 5.32 Å². The highest BCUT2D eigenvalue weighted by molar-refractivity contribution is 5.84. The van der Waals surface area contributed by atoms with E-state index in [-0.39, 0.29) is 24.2 Å². The molecule has 0 saturated carbocycles. The second-order valence-corrected chi connectivity index (χ2v) is 5.54. The Hall–Kier alpha value is -0.610. The van der Waals surface area contributed by atoms with Gasteiger partial charge in [-0.25, -0.2) is 0 Å². The van der Waals surface area contributed by atoms with Gasteiger partial charge < -0.3 is 9.64 Å². The maximum atomic E-state index is 12.4. The van der Waals surface area contributed by atoms with Crippen LogP contribution in [0, 0.1) is 5.92 Å². The molecule has 3 atom stereocenters. The quantitative estimate of drug-likeness (QED) is 0.757. The summed E-state index contributed by atoms with van der Waals surface area (Å²) in [7, 11) is 1.70. The van der Waals surface area contributed by atoms with Gasteiger partial charge in [0.15, 0.2) is 0 Å². The molecule has 1 saturated heterocycles. The van der Waals surface area contributed by atoms with Crippen molar-refractivity contribution >= 4 is 5.91 Å². The van der Waals surface area contributed by atoms with Crippen molar-refractivity contribution in [3.8, 4) is 0 Å². The lowest BCUT2D eigenvalue weighted by Gasteiger charge is -2.32. The molecule has 0 aromatic carbocycles. The highest BCUT2D eigenvalue weighted by Gasteiger charge is 2.40. The number of rotatable bonds is 7. The second kappa shape index (κ2) is 7.10. The summed E-state index contributed by atoms with van der Waals surface area (Å²) in [6.07, 6.45) is 2.96. The number of methoxy groups -OCH3 is 1. The van der Waals surface area contributed by atoms with Crippen molar-refractivity contribution in [2.75, 3.05) is 13.7 Å². The van der Waals surface area contributed by atoms with Crippen molar-refractivity contribution in [3.05, 3.63) is 0 Å². The minimum atomic E-state index is -0.0142. The van der Waals surface area contributed by atoms with Gasteiger partial charge in [-0.3, -0.25) is 10.1 Å². The zero-order valence-electron chi connectivity index (χ0n) is 12.4. The van der Waals surface area contributed by atoms with E-state index in [1.807, 2.05) is 4.90 Å². The standard InChI is InChI=1S/C14H28N2O2/c1-6-11(9-18-5)16-13(8-10(3)4)15-12(7-2)14(16)17/h10-13,15H,6-9H2,1-5H3. The maximum absolute atomic E-state index is 12.4. The summed E-state index contributed by atoms with van der Waals surface area (Å²) in [4.78, 5) is 14.4. The first kappa shape index (κ1) is 15.4. The molecule has 1 fully saturated rings. The number of ether oxygens (including phenoxy) is 1. The molecule has 1 aliphatic heterocycles. The van der Waals surface area contributed by atoms with Crippen LogP contribution in [0.5, 0.6) is 0 Å². The van der Waals surface area contributed by atoms with Crippen molar-refractivity contribution in [1.82, 2.24) is 10.2 Å². The average molecular weight is 256 g/mol. The molecule has 1 amide bonds. The maximum Gasteiger partial charge on any atom is 0.241 e. The third-order valence-electron chi connectivity index (χ3n) is 3.61. The number of nitrogens with zero attached hydrogens (tertiary/aromatic N) is 1. The van der Waals surface area contributed by atoms with Crippen molar-refractivity contribution in [3.63, 3.8) is 0 Å². The fraction of sp³-hybridized carbons (Fsp3) is 0.929. The molecule has 106 valence electrons. The Bertz CT molecular complexity index is 269. The van der Waals surface area contributed by atoms with Gasteiger partial charge in [-0.05, 0) is 25.2 Å². The summed E-state index contributed by atoms with van der Waals surface area (Å²) in [5, 5.41) is 3.47. The third-order valence-corrected chi connectivity index (χ3v) is 3.61. The molecule has 0 radical (unpaired) electrons. The van der Waals surface area contributed by atoms with E-state index in [1.165, 1.54) is 0 Å². The van der Waals surface area contributed by atoms with Crippen molar-refractivity contribution in [2.24, 2.45) is 5.92 Å². The summed E-state index contributed by atoms with van der Waals surface area (Å²) < 4.78 is 5.26. The minimum Gasteiger partial charge on any atom is -0.383 e. The first-order valence-corrected chi connectivity index (χ1v) is 7.12. The van der Waals surface area contributed by atoms with E-state index in [9.17, 15) is 4.79 Å². The van der Waals surface area contributed by atoms with Crippen LogP contribution >= 0.6 is 0 Å². The van der Waals surface area contributed by atoms with Gasteiger partial charge in [-0.2, -0.15) is 0 Å². The van der Waals surface area contributed by atoms with E-state index in [1.54, 1.807) is 7.11 Å². The lowest BCUT2D eigenvalue weighted by Crippen LogP contribution is -2.47. The fourth-order valence-electron chi connectivity index (χ4n) is 2.66. The van der Waals surface area contributed by atoms with Crippen LogP contribution in [0.2, 0.25) is 0 Å². The lowest BCUT2D eigenvalue weighted by molar-refractivity contribution is -0.133. The van der Waals surface area contributed by atoms with Gasteiger partial charge in [-0.15, -0.1) is 0 Å². The SMILES string of the molecule is CCC1NC(CC(C)C)N(C(CC)COC)C1=O. The summed E-state index contributed by atoms with van der Waals surface area (Å²) in [6.45, 7) is 9.18. The molecule has 1 aliphatic rings. The van der Waals surface area contributed by atoms with Gasteiger partial charge >= 0.3 is 0 Å². The predicted octanol–water partition coefficient (Wildman–Crippen LogP) is 1.99. The number of hydrogen-bond donors (Lipinski definition) is 1. The van der Waals surface area contributed by atoms with Gasteiger partial charge in [0, 0.05) is 7.11 Å². The Balaban J connectivity index is 2.82.